The zero-order valence-electron chi connectivity index (χ0n) is 16.3. The number of benzene rings is 1. The summed E-state index contributed by atoms with van der Waals surface area (Å²) in [6, 6.07) is 10.9. The van der Waals surface area contributed by atoms with Gasteiger partial charge in [-0.25, -0.2) is 9.97 Å². The molecule has 4 rings (SSSR count). The number of aryl methyl sites for hydroxylation is 1. The van der Waals surface area contributed by atoms with Crippen LogP contribution in [-0.4, -0.2) is 36.1 Å². The van der Waals surface area contributed by atoms with E-state index in [-0.39, 0.29) is 6.04 Å². The summed E-state index contributed by atoms with van der Waals surface area (Å²) >= 11 is 0. The van der Waals surface area contributed by atoms with Gasteiger partial charge in [-0.2, -0.15) is 0 Å². The monoisotopic (exact) mass is 361 g/mol. The molecule has 0 saturated carbocycles. The van der Waals surface area contributed by atoms with Gasteiger partial charge in [0.1, 0.15) is 11.6 Å². The molecule has 1 aromatic carbocycles. The summed E-state index contributed by atoms with van der Waals surface area (Å²) in [6.45, 7) is 10.5. The van der Waals surface area contributed by atoms with Gasteiger partial charge < -0.3 is 15.5 Å². The quantitative estimate of drug-likeness (QED) is 0.740. The molecule has 1 aliphatic rings. The first-order valence-corrected chi connectivity index (χ1v) is 9.66. The van der Waals surface area contributed by atoms with Crippen molar-refractivity contribution < 1.29 is 0 Å². The minimum Gasteiger partial charge on any atom is -0.363 e. The number of anilines is 2. The highest BCUT2D eigenvalue weighted by Gasteiger charge is 2.15. The van der Waals surface area contributed by atoms with Crippen molar-refractivity contribution in [1.29, 1.82) is 0 Å². The van der Waals surface area contributed by atoms with Crippen LogP contribution in [0.15, 0.2) is 42.7 Å². The van der Waals surface area contributed by atoms with Crippen molar-refractivity contribution >= 4 is 22.4 Å². The molecule has 3 heterocycles. The summed E-state index contributed by atoms with van der Waals surface area (Å²) < 4.78 is 0. The van der Waals surface area contributed by atoms with Crippen LogP contribution in [0.5, 0.6) is 0 Å². The number of aromatic nitrogens is 2. The summed E-state index contributed by atoms with van der Waals surface area (Å²) in [6.07, 6.45) is 3.81. The highest BCUT2D eigenvalue weighted by atomic mass is 15.2. The molecular weight excluding hydrogens is 334 g/mol. The molecule has 0 bridgehead atoms. The smallest absolute Gasteiger partial charge is 0.134 e. The van der Waals surface area contributed by atoms with Gasteiger partial charge in [-0.15, -0.1) is 0 Å². The minimum absolute atomic E-state index is 0.179. The standard InChI is InChI=1S/C22H27N5/c1-15-5-4-6-19(16(15)2)17(3)26-22-20-13-21(27-11-9-23-10-12-27)25-14-18(20)7-8-24-22/h4-8,13-14,17,23H,9-12H2,1-3H3,(H,24,26)/t17-/m1/s1. The van der Waals surface area contributed by atoms with E-state index in [0.717, 1.165) is 48.6 Å². The van der Waals surface area contributed by atoms with E-state index < -0.39 is 0 Å². The van der Waals surface area contributed by atoms with Gasteiger partial charge in [0.2, 0.25) is 0 Å². The van der Waals surface area contributed by atoms with E-state index in [9.17, 15) is 0 Å². The van der Waals surface area contributed by atoms with Gasteiger partial charge in [0, 0.05) is 49.3 Å². The molecule has 0 spiro atoms. The highest BCUT2D eigenvalue weighted by molar-refractivity contribution is 5.93. The zero-order chi connectivity index (χ0) is 18.8. The molecule has 0 radical (unpaired) electrons. The predicted molar refractivity (Wildman–Crippen MR) is 113 cm³/mol. The predicted octanol–water partition coefficient (Wildman–Crippen LogP) is 3.83. The van der Waals surface area contributed by atoms with Gasteiger partial charge in [0.15, 0.2) is 0 Å². The van der Waals surface area contributed by atoms with Gasteiger partial charge in [0.05, 0.1) is 6.04 Å². The average molecular weight is 361 g/mol. The largest absolute Gasteiger partial charge is 0.363 e. The molecule has 1 atom stereocenters. The second-order valence-electron chi connectivity index (χ2n) is 7.32. The van der Waals surface area contributed by atoms with Crippen LogP contribution in [0.1, 0.15) is 29.7 Å². The van der Waals surface area contributed by atoms with Gasteiger partial charge in [-0.3, -0.25) is 0 Å². The molecule has 140 valence electrons. The number of hydrogen-bond acceptors (Lipinski definition) is 5. The summed E-state index contributed by atoms with van der Waals surface area (Å²) in [5, 5.41) is 9.26. The van der Waals surface area contributed by atoms with Crippen LogP contribution in [0.4, 0.5) is 11.6 Å². The Balaban J connectivity index is 1.67. The number of nitrogens with one attached hydrogen (secondary N) is 2. The molecule has 3 aromatic rings. The first kappa shape index (κ1) is 17.7. The second-order valence-corrected chi connectivity index (χ2v) is 7.32. The van der Waals surface area contributed by atoms with Gasteiger partial charge >= 0.3 is 0 Å². The van der Waals surface area contributed by atoms with Crippen molar-refractivity contribution in [3.05, 3.63) is 59.4 Å². The van der Waals surface area contributed by atoms with Crippen molar-refractivity contribution in [2.45, 2.75) is 26.8 Å². The second kappa shape index (κ2) is 7.53. The summed E-state index contributed by atoms with van der Waals surface area (Å²) in [5.74, 6) is 1.94. The Morgan fingerprint density at radius 3 is 2.74 bits per heavy atom. The molecule has 5 heteroatoms. The summed E-state index contributed by atoms with van der Waals surface area (Å²) in [5.41, 5.74) is 3.96. The van der Waals surface area contributed by atoms with E-state index in [1.807, 2.05) is 18.5 Å². The van der Waals surface area contributed by atoms with Crippen LogP contribution < -0.4 is 15.5 Å². The Morgan fingerprint density at radius 1 is 1.11 bits per heavy atom. The molecule has 0 aliphatic carbocycles. The van der Waals surface area contributed by atoms with E-state index in [2.05, 4.69) is 70.5 Å². The maximum atomic E-state index is 4.68. The van der Waals surface area contributed by atoms with Gasteiger partial charge in [-0.05, 0) is 49.6 Å². The number of nitrogens with zero attached hydrogens (tertiary/aromatic N) is 3. The van der Waals surface area contributed by atoms with E-state index in [1.165, 1.54) is 16.7 Å². The lowest BCUT2D eigenvalue weighted by atomic mass is 9.98. The summed E-state index contributed by atoms with van der Waals surface area (Å²) in [4.78, 5) is 11.7. The fraction of sp³-hybridized carbons (Fsp3) is 0.364. The molecule has 1 aliphatic heterocycles. The number of pyridine rings is 2. The SMILES string of the molecule is Cc1cccc([C@@H](C)Nc2nccc3cnc(N4CCNCC4)cc23)c1C. The molecule has 0 unspecified atom stereocenters. The van der Waals surface area contributed by atoms with E-state index in [0.29, 0.717) is 0 Å². The lowest BCUT2D eigenvalue weighted by Gasteiger charge is -2.28. The summed E-state index contributed by atoms with van der Waals surface area (Å²) in [7, 11) is 0. The third-order valence-corrected chi connectivity index (χ3v) is 5.54. The molecule has 5 nitrogen and oxygen atoms in total. The van der Waals surface area contributed by atoms with Crippen molar-refractivity contribution in [2.75, 3.05) is 36.4 Å². The van der Waals surface area contributed by atoms with Crippen molar-refractivity contribution in [1.82, 2.24) is 15.3 Å². The van der Waals surface area contributed by atoms with Crippen LogP contribution in [-0.2, 0) is 0 Å². The zero-order valence-corrected chi connectivity index (χ0v) is 16.3. The molecule has 1 saturated heterocycles. The third-order valence-electron chi connectivity index (χ3n) is 5.54. The Bertz CT molecular complexity index is 947. The normalized spacial score (nSPS) is 15.7. The van der Waals surface area contributed by atoms with Gasteiger partial charge in [0.25, 0.3) is 0 Å². The maximum absolute atomic E-state index is 4.68. The molecule has 2 aromatic heterocycles. The van der Waals surface area contributed by atoms with E-state index in [4.69, 9.17) is 0 Å². The number of hydrogen-bond donors (Lipinski definition) is 2. The molecule has 2 N–H and O–H groups in total. The average Bonchev–Trinajstić information content (AvgIpc) is 2.70. The van der Waals surface area contributed by atoms with Crippen molar-refractivity contribution in [3.8, 4) is 0 Å². The first-order valence-electron chi connectivity index (χ1n) is 9.66. The van der Waals surface area contributed by atoms with Crippen LogP contribution in [0.3, 0.4) is 0 Å². The fourth-order valence-electron chi connectivity index (χ4n) is 3.76. The molecule has 0 amide bonds. The molecule has 27 heavy (non-hydrogen) atoms. The maximum Gasteiger partial charge on any atom is 0.134 e. The van der Waals surface area contributed by atoms with Crippen LogP contribution in [0.25, 0.3) is 10.8 Å². The Morgan fingerprint density at radius 2 is 1.93 bits per heavy atom. The van der Waals surface area contributed by atoms with Crippen LogP contribution in [0, 0.1) is 13.8 Å². The topological polar surface area (TPSA) is 53.1 Å². The number of rotatable bonds is 4. The number of fused-ring (bicyclic) bond motifs is 1. The Kier molecular flexibility index (Phi) is 4.94. The van der Waals surface area contributed by atoms with Gasteiger partial charge in [-0.1, -0.05) is 18.2 Å². The lowest BCUT2D eigenvalue weighted by Crippen LogP contribution is -2.43. The minimum atomic E-state index is 0.179. The molecular formula is C22H27N5. The first-order chi connectivity index (χ1) is 13.1. The van der Waals surface area contributed by atoms with E-state index in [1.54, 1.807) is 0 Å². The van der Waals surface area contributed by atoms with Crippen LogP contribution in [0.2, 0.25) is 0 Å². The Hall–Kier alpha value is -2.66. The highest BCUT2D eigenvalue weighted by Crippen LogP contribution is 2.29. The third kappa shape index (κ3) is 3.60. The fourth-order valence-corrected chi connectivity index (χ4v) is 3.76. The molecule has 1 fully saturated rings. The van der Waals surface area contributed by atoms with Crippen molar-refractivity contribution in [2.24, 2.45) is 0 Å². The van der Waals surface area contributed by atoms with E-state index >= 15 is 0 Å². The lowest BCUT2D eigenvalue weighted by molar-refractivity contribution is 0.585. The number of piperazine rings is 1. The van der Waals surface area contributed by atoms with Crippen molar-refractivity contribution in [3.63, 3.8) is 0 Å². The van der Waals surface area contributed by atoms with Crippen LogP contribution >= 0.6 is 0 Å². The Labute approximate surface area is 160 Å².